The summed E-state index contributed by atoms with van der Waals surface area (Å²) in [5, 5.41) is 0.557. The molecule has 1 aliphatic rings. The van der Waals surface area contributed by atoms with Gasteiger partial charge in [0.15, 0.2) is 0 Å². The average Bonchev–Trinajstić information content (AvgIpc) is 2.93. The second-order valence-electron chi connectivity index (χ2n) is 4.49. The van der Waals surface area contributed by atoms with E-state index in [0.29, 0.717) is 23.7 Å². The summed E-state index contributed by atoms with van der Waals surface area (Å²) >= 11 is 6.01. The molecule has 0 aliphatic carbocycles. The quantitative estimate of drug-likeness (QED) is 0.694. The van der Waals surface area contributed by atoms with E-state index in [4.69, 9.17) is 11.6 Å². The molecule has 0 N–H and O–H groups in total. The Bertz CT molecular complexity index is 711. The van der Waals surface area contributed by atoms with Gasteiger partial charge in [0.1, 0.15) is 5.82 Å². The van der Waals surface area contributed by atoms with Crippen LogP contribution in [-0.2, 0) is 17.9 Å². The highest BCUT2D eigenvalue weighted by Crippen LogP contribution is 2.13. The van der Waals surface area contributed by atoms with Crippen LogP contribution in [0.15, 0.2) is 36.7 Å². The minimum atomic E-state index is -0.195. The molecule has 0 spiro atoms. The molecule has 0 fully saturated rings. The summed E-state index contributed by atoms with van der Waals surface area (Å²) in [6.45, 7) is 1.91. The number of carbonyl (C=O) groups excluding carboxylic acids is 1. The summed E-state index contributed by atoms with van der Waals surface area (Å²) in [4.78, 5) is 18.0. The van der Waals surface area contributed by atoms with E-state index in [9.17, 15) is 4.79 Å². The van der Waals surface area contributed by atoms with Crippen molar-refractivity contribution in [1.29, 1.82) is 0 Å². The van der Waals surface area contributed by atoms with Crippen LogP contribution in [-0.4, -0.2) is 26.9 Å². The Morgan fingerprint density at radius 3 is 3.00 bits per heavy atom. The molecule has 20 heavy (non-hydrogen) atoms. The first-order chi connectivity index (χ1) is 9.74. The van der Waals surface area contributed by atoms with Gasteiger partial charge in [0.25, 0.3) is 5.91 Å². The van der Waals surface area contributed by atoms with E-state index in [1.807, 2.05) is 22.9 Å². The monoisotopic (exact) mass is 285 g/mol. The molecule has 4 nitrogen and oxygen atoms in total. The van der Waals surface area contributed by atoms with Crippen LogP contribution in [0, 0.1) is 11.8 Å². The molecule has 0 bridgehead atoms. The van der Waals surface area contributed by atoms with Gasteiger partial charge in [0.05, 0.1) is 11.6 Å². The first-order valence-electron chi connectivity index (χ1n) is 6.29. The van der Waals surface area contributed by atoms with Crippen molar-refractivity contribution in [3.63, 3.8) is 0 Å². The molecule has 100 valence electrons. The number of nitrogens with zero attached hydrogens (tertiary/aromatic N) is 3. The van der Waals surface area contributed by atoms with Gasteiger partial charge in [-0.25, -0.2) is 4.98 Å². The van der Waals surface area contributed by atoms with Crippen LogP contribution < -0.4 is 0 Å². The van der Waals surface area contributed by atoms with E-state index in [-0.39, 0.29) is 5.91 Å². The van der Waals surface area contributed by atoms with Gasteiger partial charge < -0.3 is 9.47 Å². The molecule has 3 rings (SSSR count). The zero-order valence-corrected chi connectivity index (χ0v) is 11.5. The Balaban J connectivity index is 1.74. The molecule has 0 saturated heterocycles. The molecule has 1 amide bonds. The van der Waals surface area contributed by atoms with Crippen LogP contribution in [0.3, 0.4) is 0 Å². The summed E-state index contributed by atoms with van der Waals surface area (Å²) in [5.74, 6) is 6.17. The Labute approximate surface area is 122 Å². The van der Waals surface area contributed by atoms with E-state index >= 15 is 0 Å². The summed E-state index contributed by atoms with van der Waals surface area (Å²) in [7, 11) is 0. The van der Waals surface area contributed by atoms with Crippen molar-refractivity contribution in [3.8, 4) is 11.8 Å². The van der Waals surface area contributed by atoms with Crippen molar-refractivity contribution in [2.75, 3.05) is 6.54 Å². The van der Waals surface area contributed by atoms with E-state index in [1.54, 1.807) is 23.2 Å². The fourth-order valence-corrected chi connectivity index (χ4v) is 2.29. The lowest BCUT2D eigenvalue weighted by atomic mass is 10.2. The van der Waals surface area contributed by atoms with Gasteiger partial charge in [0.2, 0.25) is 0 Å². The molecule has 0 radical (unpaired) electrons. The van der Waals surface area contributed by atoms with E-state index in [1.165, 1.54) is 0 Å². The van der Waals surface area contributed by atoms with Gasteiger partial charge in [0, 0.05) is 37.0 Å². The molecule has 0 atom stereocenters. The van der Waals surface area contributed by atoms with Gasteiger partial charge in [-0.1, -0.05) is 29.7 Å². The Morgan fingerprint density at radius 2 is 2.15 bits per heavy atom. The number of amides is 1. The number of fused-ring (bicyclic) bond motifs is 1. The molecular formula is C15H12ClN3O. The van der Waals surface area contributed by atoms with Crippen molar-refractivity contribution in [2.45, 2.75) is 13.1 Å². The van der Waals surface area contributed by atoms with Gasteiger partial charge in [-0.05, 0) is 12.1 Å². The van der Waals surface area contributed by atoms with Crippen molar-refractivity contribution in [2.24, 2.45) is 0 Å². The molecule has 1 aliphatic heterocycles. The van der Waals surface area contributed by atoms with Crippen LogP contribution in [0.1, 0.15) is 11.4 Å². The Hall–Kier alpha value is -2.25. The van der Waals surface area contributed by atoms with Crippen molar-refractivity contribution in [3.05, 3.63) is 53.1 Å². The molecule has 0 saturated carbocycles. The molecule has 5 heteroatoms. The third-order valence-electron chi connectivity index (χ3n) is 3.21. The highest BCUT2D eigenvalue weighted by Gasteiger charge is 2.19. The fourth-order valence-electron chi connectivity index (χ4n) is 2.11. The van der Waals surface area contributed by atoms with E-state index < -0.39 is 0 Å². The van der Waals surface area contributed by atoms with Crippen LogP contribution >= 0.6 is 11.6 Å². The van der Waals surface area contributed by atoms with Crippen LogP contribution in [0.2, 0.25) is 5.02 Å². The second kappa shape index (κ2) is 5.40. The predicted octanol–water partition coefficient (Wildman–Crippen LogP) is 1.93. The zero-order valence-electron chi connectivity index (χ0n) is 10.7. The maximum absolute atomic E-state index is 12.1. The smallest absolute Gasteiger partial charge is 0.299 e. The number of halogens is 1. The SMILES string of the molecule is O=C(C#Cc1ccccc1Cl)N1CCn2ccnc2C1. The number of hydrogen-bond acceptors (Lipinski definition) is 2. The maximum atomic E-state index is 12.1. The van der Waals surface area contributed by atoms with Crippen LogP contribution in [0.25, 0.3) is 0 Å². The number of benzene rings is 1. The average molecular weight is 286 g/mol. The number of imidazole rings is 1. The molecule has 2 heterocycles. The zero-order chi connectivity index (χ0) is 13.9. The molecule has 1 aromatic heterocycles. The van der Waals surface area contributed by atoms with Gasteiger partial charge in [-0.2, -0.15) is 0 Å². The minimum Gasteiger partial charge on any atom is -0.332 e. The lowest BCUT2D eigenvalue weighted by Crippen LogP contribution is -2.37. The Morgan fingerprint density at radius 1 is 1.30 bits per heavy atom. The lowest BCUT2D eigenvalue weighted by Gasteiger charge is -2.25. The lowest BCUT2D eigenvalue weighted by molar-refractivity contribution is -0.126. The first-order valence-corrected chi connectivity index (χ1v) is 6.67. The highest BCUT2D eigenvalue weighted by atomic mass is 35.5. The number of rotatable bonds is 0. The normalized spacial score (nSPS) is 13.3. The number of aromatic nitrogens is 2. The number of hydrogen-bond donors (Lipinski definition) is 0. The van der Waals surface area contributed by atoms with Crippen LogP contribution in [0.4, 0.5) is 0 Å². The summed E-state index contributed by atoms with van der Waals surface area (Å²) < 4.78 is 2.05. The van der Waals surface area contributed by atoms with Crippen molar-refractivity contribution in [1.82, 2.24) is 14.5 Å². The standard InChI is InChI=1S/C15H12ClN3O/c16-13-4-2-1-3-12(13)5-6-15(20)19-10-9-18-8-7-17-14(18)11-19/h1-4,7-8H,9-11H2. The van der Waals surface area contributed by atoms with Crippen molar-refractivity contribution >= 4 is 17.5 Å². The summed E-state index contributed by atoms with van der Waals surface area (Å²) in [6, 6.07) is 7.23. The molecule has 0 unspecified atom stereocenters. The predicted molar refractivity (Wildman–Crippen MR) is 76.0 cm³/mol. The Kier molecular flexibility index (Phi) is 3.44. The summed E-state index contributed by atoms with van der Waals surface area (Å²) in [5.41, 5.74) is 0.668. The van der Waals surface area contributed by atoms with Crippen LogP contribution in [0.5, 0.6) is 0 Å². The van der Waals surface area contributed by atoms with Gasteiger partial charge in [-0.3, -0.25) is 4.79 Å². The minimum absolute atomic E-state index is 0.195. The number of carbonyl (C=O) groups is 1. The van der Waals surface area contributed by atoms with Gasteiger partial charge >= 0.3 is 0 Å². The first kappa shape index (κ1) is 12.8. The third-order valence-corrected chi connectivity index (χ3v) is 3.54. The van der Waals surface area contributed by atoms with Crippen molar-refractivity contribution < 1.29 is 4.79 Å². The molecule has 1 aromatic carbocycles. The topological polar surface area (TPSA) is 38.1 Å². The molecule has 2 aromatic rings. The maximum Gasteiger partial charge on any atom is 0.299 e. The third kappa shape index (κ3) is 2.54. The van der Waals surface area contributed by atoms with Gasteiger partial charge in [-0.15, -0.1) is 0 Å². The summed E-state index contributed by atoms with van der Waals surface area (Å²) in [6.07, 6.45) is 3.67. The van der Waals surface area contributed by atoms with E-state index in [2.05, 4.69) is 16.8 Å². The fraction of sp³-hybridized carbons (Fsp3) is 0.200. The highest BCUT2D eigenvalue weighted by molar-refractivity contribution is 6.31. The molecular weight excluding hydrogens is 274 g/mol. The van der Waals surface area contributed by atoms with E-state index in [0.717, 1.165) is 12.4 Å². The largest absolute Gasteiger partial charge is 0.332 e. The second-order valence-corrected chi connectivity index (χ2v) is 4.90.